The molecule has 0 saturated carbocycles. The first-order valence-corrected chi connectivity index (χ1v) is 6.76. The van der Waals surface area contributed by atoms with Crippen molar-refractivity contribution in [2.24, 2.45) is 5.92 Å². The molecule has 1 atom stereocenters. The Morgan fingerprint density at radius 1 is 1.31 bits per heavy atom. The standard InChI is InChI=1S/C13H28N2O/c1-4-7-15-8-5-12(6-9-15)14-13(10-16)11(2)3/h11-14,16H,4-10H2,1-3H3. The molecule has 96 valence electrons. The SMILES string of the molecule is CCCN1CCC(NC(CO)C(C)C)CC1. The van der Waals surface area contributed by atoms with Gasteiger partial charge in [0.05, 0.1) is 6.61 Å². The van der Waals surface area contributed by atoms with E-state index in [1.165, 1.54) is 38.9 Å². The van der Waals surface area contributed by atoms with Gasteiger partial charge in [-0.05, 0) is 44.8 Å². The van der Waals surface area contributed by atoms with E-state index >= 15 is 0 Å². The molecule has 0 aromatic heterocycles. The first-order chi connectivity index (χ1) is 7.67. The molecule has 3 nitrogen and oxygen atoms in total. The van der Waals surface area contributed by atoms with E-state index in [4.69, 9.17) is 0 Å². The topological polar surface area (TPSA) is 35.5 Å². The van der Waals surface area contributed by atoms with E-state index in [2.05, 4.69) is 31.0 Å². The van der Waals surface area contributed by atoms with Crippen molar-refractivity contribution in [2.75, 3.05) is 26.2 Å². The first-order valence-electron chi connectivity index (χ1n) is 6.76. The molecule has 16 heavy (non-hydrogen) atoms. The van der Waals surface area contributed by atoms with Crippen LogP contribution in [0, 0.1) is 5.92 Å². The number of nitrogens with zero attached hydrogens (tertiary/aromatic N) is 1. The fraction of sp³-hybridized carbons (Fsp3) is 1.00. The van der Waals surface area contributed by atoms with Gasteiger partial charge in [0.2, 0.25) is 0 Å². The summed E-state index contributed by atoms with van der Waals surface area (Å²) in [5, 5.41) is 12.9. The molecule has 0 spiro atoms. The maximum absolute atomic E-state index is 9.29. The van der Waals surface area contributed by atoms with E-state index < -0.39 is 0 Å². The lowest BCUT2D eigenvalue weighted by atomic mass is 9.99. The zero-order chi connectivity index (χ0) is 12.0. The third-order valence-corrected chi connectivity index (χ3v) is 3.58. The highest BCUT2D eigenvalue weighted by Gasteiger charge is 2.22. The van der Waals surface area contributed by atoms with Crippen molar-refractivity contribution in [3.05, 3.63) is 0 Å². The minimum atomic E-state index is 0.257. The highest BCUT2D eigenvalue weighted by atomic mass is 16.3. The number of aliphatic hydroxyl groups is 1. The molecule has 1 saturated heterocycles. The normalized spacial score (nSPS) is 21.6. The second-order valence-corrected chi connectivity index (χ2v) is 5.32. The molecular formula is C13H28N2O. The lowest BCUT2D eigenvalue weighted by Gasteiger charge is -2.35. The van der Waals surface area contributed by atoms with E-state index in [1.54, 1.807) is 0 Å². The van der Waals surface area contributed by atoms with Gasteiger partial charge in [0, 0.05) is 12.1 Å². The molecule has 2 N–H and O–H groups in total. The van der Waals surface area contributed by atoms with Crippen LogP contribution in [0.3, 0.4) is 0 Å². The fourth-order valence-corrected chi connectivity index (χ4v) is 2.40. The summed E-state index contributed by atoms with van der Waals surface area (Å²) in [6.45, 7) is 10.5. The van der Waals surface area contributed by atoms with Crippen molar-refractivity contribution in [1.82, 2.24) is 10.2 Å². The van der Waals surface area contributed by atoms with Crippen LogP contribution in [0.25, 0.3) is 0 Å². The number of aliphatic hydroxyl groups excluding tert-OH is 1. The van der Waals surface area contributed by atoms with Crippen LogP contribution in [0.1, 0.15) is 40.0 Å². The van der Waals surface area contributed by atoms with Crippen LogP contribution in [0.15, 0.2) is 0 Å². The summed E-state index contributed by atoms with van der Waals surface area (Å²) in [7, 11) is 0. The number of rotatable bonds is 6. The second-order valence-electron chi connectivity index (χ2n) is 5.32. The molecule has 0 aliphatic carbocycles. The summed E-state index contributed by atoms with van der Waals surface area (Å²) in [5.41, 5.74) is 0. The number of hydrogen-bond acceptors (Lipinski definition) is 3. The van der Waals surface area contributed by atoms with Gasteiger partial charge in [-0.15, -0.1) is 0 Å². The van der Waals surface area contributed by atoms with E-state index in [0.29, 0.717) is 12.0 Å². The Morgan fingerprint density at radius 3 is 2.38 bits per heavy atom. The molecule has 0 radical (unpaired) electrons. The predicted octanol–water partition coefficient (Wildman–Crippen LogP) is 1.47. The highest BCUT2D eigenvalue weighted by molar-refractivity contribution is 4.81. The molecule has 1 fully saturated rings. The molecule has 0 aromatic rings. The van der Waals surface area contributed by atoms with E-state index in [-0.39, 0.29) is 12.6 Å². The number of nitrogens with one attached hydrogen (secondary N) is 1. The summed E-state index contributed by atoms with van der Waals surface area (Å²) in [6.07, 6.45) is 3.70. The van der Waals surface area contributed by atoms with Crippen LogP contribution in [0.2, 0.25) is 0 Å². The molecule has 1 unspecified atom stereocenters. The molecular weight excluding hydrogens is 200 g/mol. The highest BCUT2D eigenvalue weighted by Crippen LogP contribution is 2.13. The molecule has 3 heteroatoms. The molecule has 0 amide bonds. The predicted molar refractivity (Wildman–Crippen MR) is 68.6 cm³/mol. The van der Waals surface area contributed by atoms with E-state index in [9.17, 15) is 5.11 Å². The Labute approximate surface area is 100 Å². The van der Waals surface area contributed by atoms with Gasteiger partial charge in [-0.2, -0.15) is 0 Å². The van der Waals surface area contributed by atoms with Gasteiger partial charge >= 0.3 is 0 Å². The monoisotopic (exact) mass is 228 g/mol. The number of hydrogen-bond donors (Lipinski definition) is 2. The van der Waals surface area contributed by atoms with Crippen LogP contribution in [-0.4, -0.2) is 48.3 Å². The first kappa shape index (κ1) is 13.9. The second kappa shape index (κ2) is 7.25. The fourth-order valence-electron chi connectivity index (χ4n) is 2.40. The lowest BCUT2D eigenvalue weighted by molar-refractivity contribution is 0.156. The molecule has 1 aliphatic heterocycles. The Bertz CT molecular complexity index is 177. The van der Waals surface area contributed by atoms with Crippen LogP contribution in [0.4, 0.5) is 0 Å². The minimum Gasteiger partial charge on any atom is -0.395 e. The van der Waals surface area contributed by atoms with Crippen molar-refractivity contribution >= 4 is 0 Å². The zero-order valence-corrected chi connectivity index (χ0v) is 11.1. The van der Waals surface area contributed by atoms with Gasteiger partial charge < -0.3 is 15.3 Å². The summed E-state index contributed by atoms with van der Waals surface area (Å²) < 4.78 is 0. The zero-order valence-electron chi connectivity index (χ0n) is 11.1. The van der Waals surface area contributed by atoms with Crippen LogP contribution >= 0.6 is 0 Å². The molecule has 0 bridgehead atoms. The third kappa shape index (κ3) is 4.40. The largest absolute Gasteiger partial charge is 0.395 e. The van der Waals surface area contributed by atoms with Gasteiger partial charge in [-0.1, -0.05) is 20.8 Å². The minimum absolute atomic E-state index is 0.257. The molecule has 1 rings (SSSR count). The summed E-state index contributed by atoms with van der Waals surface area (Å²) in [6, 6.07) is 0.871. The Hall–Kier alpha value is -0.120. The Balaban J connectivity index is 2.25. The third-order valence-electron chi connectivity index (χ3n) is 3.58. The quantitative estimate of drug-likeness (QED) is 0.722. The van der Waals surface area contributed by atoms with Crippen LogP contribution in [-0.2, 0) is 0 Å². The summed E-state index contributed by atoms with van der Waals surface area (Å²) in [5.74, 6) is 0.513. The molecule has 1 heterocycles. The molecule has 0 aromatic carbocycles. The van der Waals surface area contributed by atoms with Crippen molar-refractivity contribution in [3.8, 4) is 0 Å². The van der Waals surface area contributed by atoms with Crippen molar-refractivity contribution in [1.29, 1.82) is 0 Å². The van der Waals surface area contributed by atoms with Crippen molar-refractivity contribution < 1.29 is 5.11 Å². The number of piperidine rings is 1. The van der Waals surface area contributed by atoms with Crippen LogP contribution < -0.4 is 5.32 Å². The summed E-state index contributed by atoms with van der Waals surface area (Å²) in [4.78, 5) is 2.54. The lowest BCUT2D eigenvalue weighted by Crippen LogP contribution is -2.49. The average molecular weight is 228 g/mol. The van der Waals surface area contributed by atoms with Gasteiger partial charge in [0.15, 0.2) is 0 Å². The molecule has 1 aliphatic rings. The van der Waals surface area contributed by atoms with Crippen molar-refractivity contribution in [3.63, 3.8) is 0 Å². The van der Waals surface area contributed by atoms with Gasteiger partial charge in [-0.25, -0.2) is 0 Å². The maximum Gasteiger partial charge on any atom is 0.0587 e. The van der Waals surface area contributed by atoms with Gasteiger partial charge in [0.25, 0.3) is 0 Å². The van der Waals surface area contributed by atoms with E-state index in [0.717, 1.165) is 0 Å². The Morgan fingerprint density at radius 2 is 1.94 bits per heavy atom. The van der Waals surface area contributed by atoms with E-state index in [1.807, 2.05) is 0 Å². The van der Waals surface area contributed by atoms with Crippen molar-refractivity contribution in [2.45, 2.75) is 52.1 Å². The summed E-state index contributed by atoms with van der Waals surface area (Å²) >= 11 is 0. The number of likely N-dealkylation sites (tertiary alicyclic amines) is 1. The smallest absolute Gasteiger partial charge is 0.0587 e. The Kier molecular flexibility index (Phi) is 6.32. The average Bonchev–Trinajstić information content (AvgIpc) is 2.28. The maximum atomic E-state index is 9.29. The van der Waals surface area contributed by atoms with Gasteiger partial charge in [-0.3, -0.25) is 0 Å². The van der Waals surface area contributed by atoms with Gasteiger partial charge in [0.1, 0.15) is 0 Å². The van der Waals surface area contributed by atoms with Crippen LogP contribution in [0.5, 0.6) is 0 Å².